The lowest BCUT2D eigenvalue weighted by molar-refractivity contribution is 0.0437. The second-order valence-electron chi connectivity index (χ2n) is 4.35. The first-order valence-corrected chi connectivity index (χ1v) is 5.89. The highest BCUT2D eigenvalue weighted by Crippen LogP contribution is 2.16. The Labute approximate surface area is 99.8 Å². The molecule has 84 valence electrons. The van der Waals surface area contributed by atoms with E-state index in [2.05, 4.69) is 27.3 Å². The molecular formula is C12H18BrNO. The molecule has 0 bridgehead atoms. The monoisotopic (exact) mass is 271 g/mol. The van der Waals surface area contributed by atoms with Crippen LogP contribution in [0.2, 0.25) is 0 Å². The van der Waals surface area contributed by atoms with Crippen LogP contribution in [0.4, 0.5) is 0 Å². The highest BCUT2D eigenvalue weighted by molar-refractivity contribution is 9.10. The Morgan fingerprint density at radius 3 is 2.53 bits per heavy atom. The van der Waals surface area contributed by atoms with Crippen LogP contribution in [0.3, 0.4) is 0 Å². The molecule has 0 radical (unpaired) electrons. The Bertz CT molecular complexity index is 320. The number of nitrogens with one attached hydrogen (secondary N) is 1. The van der Waals surface area contributed by atoms with Crippen LogP contribution in [0.5, 0.6) is 0 Å². The van der Waals surface area contributed by atoms with Crippen molar-refractivity contribution in [1.82, 2.24) is 5.32 Å². The molecule has 0 fully saturated rings. The van der Waals surface area contributed by atoms with Gasteiger partial charge in [-0.1, -0.05) is 34.1 Å². The number of hydrogen-bond donors (Lipinski definition) is 2. The molecule has 1 atom stereocenters. The molecule has 0 aliphatic heterocycles. The van der Waals surface area contributed by atoms with Crippen LogP contribution in [0.25, 0.3) is 0 Å². The van der Waals surface area contributed by atoms with Gasteiger partial charge < -0.3 is 10.4 Å². The molecule has 1 rings (SSSR count). The summed E-state index contributed by atoms with van der Waals surface area (Å²) in [6.45, 7) is 6.36. The first-order valence-electron chi connectivity index (χ1n) is 5.10. The van der Waals surface area contributed by atoms with Gasteiger partial charge in [0.1, 0.15) is 0 Å². The third-order valence-electron chi connectivity index (χ3n) is 2.62. The minimum atomic E-state index is -0.693. The summed E-state index contributed by atoms with van der Waals surface area (Å²) >= 11 is 3.49. The number of hydrogen-bond acceptors (Lipinski definition) is 2. The average Bonchev–Trinajstić information content (AvgIpc) is 2.14. The summed E-state index contributed by atoms with van der Waals surface area (Å²) in [5.74, 6) is 0. The second kappa shape index (κ2) is 5.10. The molecule has 1 unspecified atom stereocenters. The van der Waals surface area contributed by atoms with Gasteiger partial charge in [0, 0.05) is 17.1 Å². The summed E-state index contributed by atoms with van der Waals surface area (Å²) < 4.78 is 1.10. The zero-order chi connectivity index (χ0) is 11.5. The highest BCUT2D eigenvalue weighted by Gasteiger charge is 2.21. The van der Waals surface area contributed by atoms with E-state index in [-0.39, 0.29) is 6.04 Å². The fraction of sp³-hybridized carbons (Fsp3) is 0.500. The fourth-order valence-corrected chi connectivity index (χ4v) is 1.58. The molecule has 0 aromatic heterocycles. The van der Waals surface area contributed by atoms with E-state index in [0.717, 1.165) is 11.0 Å². The molecule has 0 aliphatic carbocycles. The van der Waals surface area contributed by atoms with E-state index >= 15 is 0 Å². The van der Waals surface area contributed by atoms with Crippen LogP contribution in [0, 0.1) is 0 Å². The zero-order valence-corrected chi connectivity index (χ0v) is 11.0. The Kier molecular flexibility index (Phi) is 4.32. The summed E-state index contributed by atoms with van der Waals surface area (Å²) in [5.41, 5.74) is 0.509. The summed E-state index contributed by atoms with van der Waals surface area (Å²) in [6, 6.07) is 8.15. The van der Waals surface area contributed by atoms with Gasteiger partial charge in [0.15, 0.2) is 0 Å². The summed E-state index contributed by atoms with van der Waals surface area (Å²) in [5, 5.41) is 13.1. The summed E-state index contributed by atoms with van der Waals surface area (Å²) in [7, 11) is 0. The largest absolute Gasteiger partial charge is 0.389 e. The Balaban J connectivity index is 2.55. The summed E-state index contributed by atoms with van der Waals surface area (Å²) in [4.78, 5) is 0. The standard InChI is InChI=1S/C12H18BrNO/c1-9(12(2,3)15)14-8-10-6-4-5-7-11(10)13/h4-7,9,14-15H,8H2,1-3H3. The maximum Gasteiger partial charge on any atom is 0.0741 e. The van der Waals surface area contributed by atoms with E-state index in [9.17, 15) is 5.11 Å². The van der Waals surface area contributed by atoms with E-state index in [4.69, 9.17) is 0 Å². The molecule has 0 saturated carbocycles. The molecule has 0 spiro atoms. The van der Waals surface area contributed by atoms with Gasteiger partial charge in [0.2, 0.25) is 0 Å². The van der Waals surface area contributed by atoms with Crippen molar-refractivity contribution in [2.24, 2.45) is 0 Å². The van der Waals surface area contributed by atoms with Gasteiger partial charge in [-0.25, -0.2) is 0 Å². The van der Waals surface area contributed by atoms with Crippen LogP contribution in [-0.4, -0.2) is 16.7 Å². The van der Waals surface area contributed by atoms with E-state index < -0.39 is 5.60 Å². The zero-order valence-electron chi connectivity index (χ0n) is 9.42. The van der Waals surface area contributed by atoms with Crippen molar-refractivity contribution in [3.05, 3.63) is 34.3 Å². The second-order valence-corrected chi connectivity index (χ2v) is 5.20. The van der Waals surface area contributed by atoms with Crippen molar-refractivity contribution in [1.29, 1.82) is 0 Å². The molecule has 3 heteroatoms. The lowest BCUT2D eigenvalue weighted by atomic mass is 10.0. The van der Waals surface area contributed by atoms with Crippen molar-refractivity contribution in [2.75, 3.05) is 0 Å². The van der Waals surface area contributed by atoms with E-state index in [1.165, 1.54) is 5.56 Å². The van der Waals surface area contributed by atoms with E-state index in [0.29, 0.717) is 0 Å². The smallest absolute Gasteiger partial charge is 0.0741 e. The van der Waals surface area contributed by atoms with Crippen molar-refractivity contribution in [3.8, 4) is 0 Å². The SMILES string of the molecule is CC(NCc1ccccc1Br)C(C)(C)O. The van der Waals surface area contributed by atoms with Gasteiger partial charge in [-0.15, -0.1) is 0 Å². The third kappa shape index (κ3) is 3.93. The van der Waals surface area contributed by atoms with E-state index in [1.807, 2.05) is 39.0 Å². The lowest BCUT2D eigenvalue weighted by Gasteiger charge is -2.27. The number of halogens is 1. The molecule has 2 N–H and O–H groups in total. The van der Waals surface area contributed by atoms with Gasteiger partial charge in [0.25, 0.3) is 0 Å². The molecule has 0 heterocycles. The normalized spacial score (nSPS) is 13.9. The minimum absolute atomic E-state index is 0.0598. The first-order chi connectivity index (χ1) is 6.91. The van der Waals surface area contributed by atoms with Gasteiger partial charge in [-0.3, -0.25) is 0 Å². The Hall–Kier alpha value is -0.380. The molecular weight excluding hydrogens is 254 g/mol. The van der Waals surface area contributed by atoms with Crippen molar-refractivity contribution in [2.45, 2.75) is 39.0 Å². The molecule has 1 aromatic rings. The van der Waals surface area contributed by atoms with Gasteiger partial charge in [-0.2, -0.15) is 0 Å². The van der Waals surface area contributed by atoms with Crippen LogP contribution in [-0.2, 0) is 6.54 Å². The van der Waals surface area contributed by atoms with Crippen molar-refractivity contribution in [3.63, 3.8) is 0 Å². The van der Waals surface area contributed by atoms with Crippen molar-refractivity contribution < 1.29 is 5.11 Å². The van der Waals surface area contributed by atoms with Crippen molar-refractivity contribution >= 4 is 15.9 Å². The number of rotatable bonds is 4. The average molecular weight is 272 g/mol. The summed E-state index contributed by atoms with van der Waals surface area (Å²) in [6.07, 6.45) is 0. The fourth-order valence-electron chi connectivity index (χ4n) is 1.15. The highest BCUT2D eigenvalue weighted by atomic mass is 79.9. The van der Waals surface area contributed by atoms with Gasteiger partial charge >= 0.3 is 0 Å². The van der Waals surface area contributed by atoms with Crippen LogP contribution in [0.1, 0.15) is 26.3 Å². The van der Waals surface area contributed by atoms with Crippen LogP contribution < -0.4 is 5.32 Å². The molecule has 1 aromatic carbocycles. The van der Waals surface area contributed by atoms with Crippen LogP contribution >= 0.6 is 15.9 Å². The van der Waals surface area contributed by atoms with Gasteiger partial charge in [-0.05, 0) is 32.4 Å². The molecule has 0 aliphatic rings. The number of benzene rings is 1. The minimum Gasteiger partial charge on any atom is -0.389 e. The van der Waals surface area contributed by atoms with E-state index in [1.54, 1.807) is 0 Å². The van der Waals surface area contributed by atoms with Gasteiger partial charge in [0.05, 0.1) is 5.60 Å². The first kappa shape index (κ1) is 12.7. The maximum absolute atomic E-state index is 9.76. The van der Waals surface area contributed by atoms with Crippen LogP contribution in [0.15, 0.2) is 28.7 Å². The quantitative estimate of drug-likeness (QED) is 0.883. The number of aliphatic hydroxyl groups is 1. The third-order valence-corrected chi connectivity index (χ3v) is 3.39. The lowest BCUT2D eigenvalue weighted by Crippen LogP contribution is -2.44. The molecule has 15 heavy (non-hydrogen) atoms. The predicted molar refractivity (Wildman–Crippen MR) is 66.7 cm³/mol. The topological polar surface area (TPSA) is 32.3 Å². The Morgan fingerprint density at radius 2 is 2.00 bits per heavy atom. The molecule has 2 nitrogen and oxygen atoms in total. The predicted octanol–water partition coefficient (Wildman–Crippen LogP) is 2.70. The molecule has 0 amide bonds. The maximum atomic E-state index is 9.76. The Morgan fingerprint density at radius 1 is 1.40 bits per heavy atom. The molecule has 0 saturated heterocycles.